The van der Waals surface area contributed by atoms with Gasteiger partial charge in [0.05, 0.1) is 6.04 Å². The number of aryl methyl sites for hydroxylation is 2. The van der Waals surface area contributed by atoms with E-state index in [9.17, 15) is 5.11 Å². The van der Waals surface area contributed by atoms with Crippen molar-refractivity contribution in [1.29, 1.82) is 0 Å². The first kappa shape index (κ1) is 14.9. The molecule has 3 nitrogen and oxygen atoms in total. The van der Waals surface area contributed by atoms with Crippen molar-refractivity contribution in [2.75, 3.05) is 13.7 Å². The molecule has 1 heterocycles. The van der Waals surface area contributed by atoms with Crippen molar-refractivity contribution in [2.24, 2.45) is 0 Å². The summed E-state index contributed by atoms with van der Waals surface area (Å²) in [4.78, 5) is 2.37. The van der Waals surface area contributed by atoms with Gasteiger partial charge in [-0.15, -0.1) is 0 Å². The van der Waals surface area contributed by atoms with Gasteiger partial charge >= 0.3 is 0 Å². The van der Waals surface area contributed by atoms with E-state index in [2.05, 4.69) is 37.9 Å². The van der Waals surface area contributed by atoms with Crippen molar-refractivity contribution in [3.8, 4) is 5.75 Å². The van der Waals surface area contributed by atoms with Crippen molar-refractivity contribution in [3.05, 3.63) is 28.8 Å². The summed E-state index contributed by atoms with van der Waals surface area (Å²) in [7, 11) is 2.15. The Morgan fingerprint density at radius 1 is 1.14 bits per heavy atom. The van der Waals surface area contributed by atoms with Crippen molar-refractivity contribution in [2.45, 2.75) is 64.1 Å². The zero-order chi connectivity index (χ0) is 15.0. The van der Waals surface area contributed by atoms with Gasteiger partial charge in [0.2, 0.25) is 0 Å². The summed E-state index contributed by atoms with van der Waals surface area (Å²) >= 11 is 0. The predicted octanol–water partition coefficient (Wildman–Crippen LogP) is 3.36. The molecule has 1 aromatic carbocycles. The van der Waals surface area contributed by atoms with Gasteiger partial charge in [-0.2, -0.15) is 0 Å². The second kappa shape index (κ2) is 5.98. The molecular formula is C18H27NO2. The van der Waals surface area contributed by atoms with E-state index in [1.165, 1.54) is 37.7 Å². The molecule has 21 heavy (non-hydrogen) atoms. The lowest BCUT2D eigenvalue weighted by molar-refractivity contribution is -0.0102. The lowest BCUT2D eigenvalue weighted by Crippen LogP contribution is -2.49. The average Bonchev–Trinajstić information content (AvgIpc) is 2.48. The number of rotatable bonds is 2. The van der Waals surface area contributed by atoms with Crippen LogP contribution in [0.2, 0.25) is 0 Å². The van der Waals surface area contributed by atoms with Crippen LogP contribution >= 0.6 is 0 Å². The summed E-state index contributed by atoms with van der Waals surface area (Å²) in [6.45, 7) is 4.73. The Hall–Kier alpha value is -1.06. The van der Waals surface area contributed by atoms with Gasteiger partial charge in [-0.3, -0.25) is 4.90 Å². The minimum absolute atomic E-state index is 0.0711. The summed E-state index contributed by atoms with van der Waals surface area (Å²) in [5.74, 6) is 0.890. The normalized spacial score (nSPS) is 26.5. The van der Waals surface area contributed by atoms with Crippen LogP contribution in [0.15, 0.2) is 12.1 Å². The maximum Gasteiger partial charge on any atom is 0.128 e. The number of likely N-dealkylation sites (N-methyl/N-ethyl adjacent to an activating group) is 1. The third-order valence-electron chi connectivity index (χ3n) is 5.20. The number of fused-ring (bicyclic) bond motifs is 1. The SMILES string of the molecule is Cc1cc(C)c2c(c1)C(O)C(N(C)C1CCCCC1)CO2. The van der Waals surface area contributed by atoms with E-state index in [1.807, 2.05) is 0 Å². The monoisotopic (exact) mass is 289 g/mol. The molecule has 1 aliphatic heterocycles. The number of ether oxygens (including phenoxy) is 1. The lowest BCUT2D eigenvalue weighted by atomic mass is 9.90. The first-order chi connectivity index (χ1) is 10.1. The number of aliphatic hydroxyl groups is 1. The fourth-order valence-electron chi connectivity index (χ4n) is 3.97. The van der Waals surface area contributed by atoms with Crippen molar-refractivity contribution in [1.82, 2.24) is 4.90 Å². The fourth-order valence-corrected chi connectivity index (χ4v) is 3.97. The highest BCUT2D eigenvalue weighted by Gasteiger charge is 2.36. The Balaban J connectivity index is 1.82. The van der Waals surface area contributed by atoms with Crippen molar-refractivity contribution >= 4 is 0 Å². The maximum atomic E-state index is 10.8. The molecule has 0 spiro atoms. The molecule has 2 aliphatic rings. The molecule has 1 aliphatic carbocycles. The van der Waals surface area contributed by atoms with Crippen LogP contribution in [0.1, 0.15) is 54.9 Å². The number of hydrogen-bond donors (Lipinski definition) is 1. The summed E-state index contributed by atoms with van der Waals surface area (Å²) < 4.78 is 6.00. The molecule has 116 valence electrons. The molecule has 1 saturated carbocycles. The molecule has 1 N–H and O–H groups in total. The predicted molar refractivity (Wildman–Crippen MR) is 84.8 cm³/mol. The Morgan fingerprint density at radius 3 is 2.57 bits per heavy atom. The van der Waals surface area contributed by atoms with Crippen LogP contribution in [-0.2, 0) is 0 Å². The highest BCUT2D eigenvalue weighted by atomic mass is 16.5. The van der Waals surface area contributed by atoms with Gasteiger partial charge in [-0.05, 0) is 45.4 Å². The summed E-state index contributed by atoms with van der Waals surface area (Å²) in [6, 6.07) is 4.86. The van der Waals surface area contributed by atoms with Crippen LogP contribution in [-0.4, -0.2) is 35.7 Å². The van der Waals surface area contributed by atoms with Crippen LogP contribution in [0, 0.1) is 13.8 Å². The molecule has 2 atom stereocenters. The first-order valence-corrected chi connectivity index (χ1v) is 8.22. The summed E-state index contributed by atoms with van der Waals surface area (Å²) in [5.41, 5.74) is 3.28. The zero-order valence-electron chi connectivity index (χ0n) is 13.4. The van der Waals surface area contributed by atoms with Gasteiger partial charge in [-0.1, -0.05) is 30.9 Å². The Kier molecular flexibility index (Phi) is 4.23. The minimum atomic E-state index is -0.445. The van der Waals surface area contributed by atoms with Gasteiger partial charge < -0.3 is 9.84 Å². The van der Waals surface area contributed by atoms with Crippen molar-refractivity contribution < 1.29 is 9.84 Å². The average molecular weight is 289 g/mol. The fraction of sp³-hybridized carbons (Fsp3) is 0.667. The van der Waals surface area contributed by atoms with E-state index >= 15 is 0 Å². The maximum absolute atomic E-state index is 10.8. The van der Waals surface area contributed by atoms with Crippen LogP contribution in [0.3, 0.4) is 0 Å². The molecule has 0 amide bonds. The molecule has 0 bridgehead atoms. The van der Waals surface area contributed by atoms with E-state index in [-0.39, 0.29) is 6.04 Å². The molecule has 2 unspecified atom stereocenters. The van der Waals surface area contributed by atoms with Crippen LogP contribution in [0.4, 0.5) is 0 Å². The van der Waals surface area contributed by atoms with E-state index in [1.54, 1.807) is 0 Å². The molecular weight excluding hydrogens is 262 g/mol. The zero-order valence-corrected chi connectivity index (χ0v) is 13.4. The second-order valence-electron chi connectivity index (χ2n) is 6.78. The third kappa shape index (κ3) is 2.82. The number of benzene rings is 1. The molecule has 3 heteroatoms. The Morgan fingerprint density at radius 2 is 1.86 bits per heavy atom. The quantitative estimate of drug-likeness (QED) is 0.906. The number of hydrogen-bond acceptors (Lipinski definition) is 3. The van der Waals surface area contributed by atoms with Crippen LogP contribution < -0.4 is 4.74 Å². The highest BCUT2D eigenvalue weighted by Crippen LogP contribution is 2.38. The van der Waals surface area contributed by atoms with E-state index in [0.29, 0.717) is 12.6 Å². The molecule has 0 aromatic heterocycles. The molecule has 0 radical (unpaired) electrons. The highest BCUT2D eigenvalue weighted by molar-refractivity contribution is 5.46. The first-order valence-electron chi connectivity index (χ1n) is 8.22. The topological polar surface area (TPSA) is 32.7 Å². The van der Waals surface area contributed by atoms with E-state index < -0.39 is 6.10 Å². The van der Waals surface area contributed by atoms with Gasteiger partial charge in [-0.25, -0.2) is 0 Å². The van der Waals surface area contributed by atoms with Crippen LogP contribution in [0.5, 0.6) is 5.75 Å². The van der Waals surface area contributed by atoms with Crippen molar-refractivity contribution in [3.63, 3.8) is 0 Å². The Labute approximate surface area is 127 Å². The molecule has 1 fully saturated rings. The van der Waals surface area contributed by atoms with Gasteiger partial charge in [0.1, 0.15) is 18.5 Å². The van der Waals surface area contributed by atoms with E-state index in [0.717, 1.165) is 16.9 Å². The number of nitrogens with zero attached hydrogens (tertiary/aromatic N) is 1. The standard InChI is InChI=1S/C18H27NO2/c1-12-9-13(2)18-15(10-12)17(20)16(11-21-18)19(3)14-7-5-4-6-8-14/h9-10,14,16-17,20H,4-8,11H2,1-3H3. The second-order valence-corrected chi connectivity index (χ2v) is 6.78. The Bertz CT molecular complexity index is 508. The van der Waals surface area contributed by atoms with Crippen LogP contribution in [0.25, 0.3) is 0 Å². The van der Waals surface area contributed by atoms with Gasteiger partial charge in [0.15, 0.2) is 0 Å². The molecule has 3 rings (SSSR count). The summed E-state index contributed by atoms with van der Waals surface area (Å²) in [6.07, 6.45) is 6.04. The van der Waals surface area contributed by atoms with Gasteiger partial charge in [0.25, 0.3) is 0 Å². The summed E-state index contributed by atoms with van der Waals surface area (Å²) in [5, 5.41) is 10.8. The lowest BCUT2D eigenvalue weighted by Gasteiger charge is -2.42. The molecule has 0 saturated heterocycles. The minimum Gasteiger partial charge on any atom is -0.491 e. The molecule has 1 aromatic rings. The smallest absolute Gasteiger partial charge is 0.128 e. The largest absolute Gasteiger partial charge is 0.491 e. The number of aliphatic hydroxyl groups excluding tert-OH is 1. The van der Waals surface area contributed by atoms with Gasteiger partial charge in [0, 0.05) is 11.6 Å². The third-order valence-corrected chi connectivity index (χ3v) is 5.20. The van der Waals surface area contributed by atoms with E-state index in [4.69, 9.17) is 4.74 Å².